The van der Waals surface area contributed by atoms with Crippen LogP contribution in [0.25, 0.3) is 0 Å². The number of hydrogen-bond donors (Lipinski definition) is 1. The summed E-state index contributed by atoms with van der Waals surface area (Å²) in [5.74, 6) is -3.60. The van der Waals surface area contributed by atoms with Crippen LogP contribution in [0, 0.1) is 11.6 Å². The molecule has 1 N–H and O–H groups in total. The molecule has 0 atom stereocenters. The second kappa shape index (κ2) is 6.08. The molecule has 2 aliphatic rings. The normalized spacial score (nSPS) is 16.7. The Bertz CT molecular complexity index is 755. The number of carbonyl (C=O) groups excluding carboxylic acids is 1. The predicted octanol–water partition coefficient (Wildman–Crippen LogP) is 3.73. The minimum atomic E-state index is -1.19. The number of aromatic hydroxyl groups is 1. The first-order valence-electron chi connectivity index (χ1n) is 6.98. The van der Waals surface area contributed by atoms with E-state index in [0.717, 1.165) is 30.5 Å². The summed E-state index contributed by atoms with van der Waals surface area (Å²) in [6, 6.07) is 1.58. The van der Waals surface area contributed by atoms with Crippen molar-refractivity contribution in [3.05, 3.63) is 77.6 Å². The van der Waals surface area contributed by atoms with Crippen LogP contribution in [-0.4, -0.2) is 15.9 Å². The van der Waals surface area contributed by atoms with E-state index in [0.29, 0.717) is 5.76 Å². The fourth-order valence-electron chi connectivity index (χ4n) is 2.30. The lowest BCUT2D eigenvalue weighted by atomic mass is 10.0. The highest BCUT2D eigenvalue weighted by Crippen LogP contribution is 2.26. The average Bonchev–Trinajstić information content (AvgIpc) is 2.59. The zero-order valence-electron chi connectivity index (χ0n) is 12.0. The van der Waals surface area contributed by atoms with Gasteiger partial charge in [-0.2, -0.15) is 0 Å². The smallest absolute Gasteiger partial charge is 0.262 e. The lowest BCUT2D eigenvalue weighted by Gasteiger charge is -2.22. The lowest BCUT2D eigenvalue weighted by molar-refractivity contribution is 0.0854. The van der Waals surface area contributed by atoms with Crippen molar-refractivity contribution in [3.8, 4) is 5.75 Å². The maximum atomic E-state index is 13.4. The molecular formula is C17H13F2NO3. The Morgan fingerprint density at radius 3 is 2.65 bits per heavy atom. The number of carbonyl (C=O) groups is 1. The Kier molecular flexibility index (Phi) is 3.97. The average molecular weight is 317 g/mol. The van der Waals surface area contributed by atoms with Crippen LogP contribution in [0.1, 0.15) is 23.2 Å². The Balaban J connectivity index is 1.88. The summed E-state index contributed by atoms with van der Waals surface area (Å²) in [6.45, 7) is 0. The Morgan fingerprint density at radius 1 is 1.26 bits per heavy atom. The highest BCUT2D eigenvalue weighted by atomic mass is 19.1. The van der Waals surface area contributed by atoms with Crippen LogP contribution in [0.2, 0.25) is 0 Å². The van der Waals surface area contributed by atoms with E-state index in [2.05, 4.69) is 0 Å². The highest BCUT2D eigenvalue weighted by molar-refractivity contribution is 5.96. The van der Waals surface area contributed by atoms with E-state index in [1.165, 1.54) is 23.6 Å². The van der Waals surface area contributed by atoms with Gasteiger partial charge in [0.25, 0.3) is 5.91 Å². The first-order valence-corrected chi connectivity index (χ1v) is 6.98. The molecule has 1 heterocycles. The standard InChI is InChI=1S/C17H13F2NO3/c18-13-8-12(9-14(19)16(13)21)17(22)20-6-7-23-15(10-20)11-4-2-1-3-5-11/h1-2,4,6-10,21H,3,5H2. The van der Waals surface area contributed by atoms with E-state index in [1.807, 2.05) is 18.2 Å². The highest BCUT2D eigenvalue weighted by Gasteiger charge is 2.21. The maximum absolute atomic E-state index is 13.4. The van der Waals surface area contributed by atoms with Crippen molar-refractivity contribution in [1.82, 2.24) is 4.90 Å². The van der Waals surface area contributed by atoms with E-state index < -0.39 is 23.3 Å². The molecular weight excluding hydrogens is 304 g/mol. The number of rotatable bonds is 2. The van der Waals surface area contributed by atoms with Gasteiger partial charge in [0.15, 0.2) is 17.4 Å². The van der Waals surface area contributed by atoms with Gasteiger partial charge in [-0.15, -0.1) is 0 Å². The first-order chi connectivity index (χ1) is 11.1. The van der Waals surface area contributed by atoms with Gasteiger partial charge in [0.05, 0.1) is 6.20 Å². The zero-order valence-corrected chi connectivity index (χ0v) is 12.0. The molecule has 0 unspecified atom stereocenters. The number of hydrogen-bond acceptors (Lipinski definition) is 3. The molecule has 1 amide bonds. The molecule has 0 bridgehead atoms. The summed E-state index contributed by atoms with van der Waals surface area (Å²) in [7, 11) is 0. The third kappa shape index (κ3) is 3.01. The van der Waals surface area contributed by atoms with Crippen molar-refractivity contribution in [2.45, 2.75) is 12.8 Å². The van der Waals surface area contributed by atoms with Gasteiger partial charge in [-0.3, -0.25) is 9.69 Å². The Morgan fingerprint density at radius 2 is 2.00 bits per heavy atom. The van der Waals surface area contributed by atoms with Gasteiger partial charge in [-0.25, -0.2) is 8.78 Å². The van der Waals surface area contributed by atoms with Crippen molar-refractivity contribution in [1.29, 1.82) is 0 Å². The van der Waals surface area contributed by atoms with Crippen molar-refractivity contribution in [2.24, 2.45) is 0 Å². The number of benzene rings is 1. The number of phenols is 1. The maximum Gasteiger partial charge on any atom is 0.262 e. The van der Waals surface area contributed by atoms with E-state index in [-0.39, 0.29) is 5.56 Å². The van der Waals surface area contributed by atoms with E-state index >= 15 is 0 Å². The van der Waals surface area contributed by atoms with E-state index in [9.17, 15) is 13.6 Å². The third-order valence-electron chi connectivity index (χ3n) is 3.50. The molecule has 0 fully saturated rings. The van der Waals surface area contributed by atoms with Crippen LogP contribution >= 0.6 is 0 Å². The van der Waals surface area contributed by atoms with Crippen LogP contribution in [0.4, 0.5) is 8.78 Å². The number of halogens is 2. The molecule has 23 heavy (non-hydrogen) atoms. The van der Waals surface area contributed by atoms with Crippen LogP contribution < -0.4 is 0 Å². The molecule has 0 saturated carbocycles. The molecule has 4 nitrogen and oxygen atoms in total. The van der Waals surface area contributed by atoms with Crippen molar-refractivity contribution in [2.75, 3.05) is 0 Å². The van der Waals surface area contributed by atoms with Gasteiger partial charge in [-0.1, -0.05) is 18.2 Å². The molecule has 3 rings (SSSR count). The number of ether oxygens (including phenoxy) is 1. The molecule has 1 aromatic carbocycles. The summed E-state index contributed by atoms with van der Waals surface area (Å²) in [6.07, 6.45) is 11.6. The van der Waals surface area contributed by atoms with Crippen molar-refractivity contribution < 1.29 is 23.4 Å². The molecule has 0 saturated heterocycles. The van der Waals surface area contributed by atoms with Crippen molar-refractivity contribution >= 4 is 5.91 Å². The quantitative estimate of drug-likeness (QED) is 0.904. The zero-order chi connectivity index (χ0) is 16.4. The second-order valence-corrected chi connectivity index (χ2v) is 5.06. The largest absolute Gasteiger partial charge is 0.503 e. The van der Waals surface area contributed by atoms with Crippen LogP contribution in [0.15, 0.2) is 60.4 Å². The molecule has 1 aliphatic carbocycles. The van der Waals surface area contributed by atoms with Gasteiger partial charge in [0, 0.05) is 11.8 Å². The van der Waals surface area contributed by atoms with Gasteiger partial charge >= 0.3 is 0 Å². The van der Waals surface area contributed by atoms with Gasteiger partial charge in [-0.05, 0) is 30.5 Å². The number of amides is 1. The van der Waals surface area contributed by atoms with Crippen molar-refractivity contribution in [3.63, 3.8) is 0 Å². The predicted molar refractivity (Wildman–Crippen MR) is 79.0 cm³/mol. The van der Waals surface area contributed by atoms with E-state index in [4.69, 9.17) is 9.84 Å². The molecule has 1 aliphatic heterocycles. The summed E-state index contributed by atoms with van der Waals surface area (Å²) in [5.41, 5.74) is 0.718. The van der Waals surface area contributed by atoms with Crippen LogP contribution in [-0.2, 0) is 4.74 Å². The molecule has 0 spiro atoms. The molecule has 118 valence electrons. The lowest BCUT2D eigenvalue weighted by Crippen LogP contribution is -2.23. The molecule has 0 radical (unpaired) electrons. The summed E-state index contributed by atoms with van der Waals surface area (Å²) >= 11 is 0. The van der Waals surface area contributed by atoms with E-state index in [1.54, 1.807) is 0 Å². The SMILES string of the molecule is O=C(c1cc(F)c(O)c(F)c1)N1C=COC(C2=CC=CCC2)=C1. The Labute approximate surface area is 131 Å². The second-order valence-electron chi connectivity index (χ2n) is 5.06. The molecule has 6 heteroatoms. The third-order valence-corrected chi connectivity index (χ3v) is 3.50. The number of nitrogens with zero attached hydrogens (tertiary/aromatic N) is 1. The topological polar surface area (TPSA) is 49.8 Å². The fourth-order valence-corrected chi connectivity index (χ4v) is 2.30. The Hall–Kier alpha value is -2.89. The van der Waals surface area contributed by atoms with Gasteiger partial charge in [0.1, 0.15) is 12.0 Å². The van der Waals surface area contributed by atoms with Gasteiger partial charge < -0.3 is 9.84 Å². The molecule has 1 aromatic rings. The van der Waals surface area contributed by atoms with Gasteiger partial charge in [0.2, 0.25) is 0 Å². The monoisotopic (exact) mass is 317 g/mol. The molecule has 0 aromatic heterocycles. The summed E-state index contributed by atoms with van der Waals surface area (Å²) < 4.78 is 32.2. The number of allylic oxidation sites excluding steroid dienone is 4. The summed E-state index contributed by atoms with van der Waals surface area (Å²) in [4.78, 5) is 13.6. The first kappa shape index (κ1) is 15.0. The fraction of sp³-hybridized carbons (Fsp3) is 0.118. The van der Waals surface area contributed by atoms with Crippen LogP contribution in [0.5, 0.6) is 5.75 Å². The number of phenolic OH excluding ortho intramolecular Hbond substituents is 1. The summed E-state index contributed by atoms with van der Waals surface area (Å²) in [5, 5.41) is 9.10. The minimum absolute atomic E-state index is 0.211. The van der Waals surface area contributed by atoms with Crippen LogP contribution in [0.3, 0.4) is 0 Å². The minimum Gasteiger partial charge on any atom is -0.503 e.